The lowest BCUT2D eigenvalue weighted by molar-refractivity contribution is -0.127. The van der Waals surface area contributed by atoms with Crippen molar-refractivity contribution in [3.63, 3.8) is 0 Å². The topological polar surface area (TPSA) is 46.3 Å². The summed E-state index contributed by atoms with van der Waals surface area (Å²) in [4.78, 5) is 13.7. The number of rotatable bonds is 2. The number of hydrogen-bond donors (Lipinski definition) is 1. The average molecular weight is 230 g/mol. The van der Waals surface area contributed by atoms with Gasteiger partial charge in [0.1, 0.15) is 0 Å². The second kappa shape index (κ2) is 5.64. The molecule has 1 amide bonds. The number of hydrogen-bond acceptors (Lipinski definition) is 2. The van der Waals surface area contributed by atoms with Gasteiger partial charge in [-0.2, -0.15) is 0 Å². The van der Waals surface area contributed by atoms with E-state index < -0.39 is 0 Å². The van der Waals surface area contributed by atoms with E-state index in [1.165, 1.54) is 0 Å². The predicted octanol–water partition coefficient (Wildman–Crippen LogP) is 1.65. The van der Waals surface area contributed by atoms with Crippen LogP contribution in [0.4, 0.5) is 0 Å². The summed E-state index contributed by atoms with van der Waals surface area (Å²) in [7, 11) is 0. The third-order valence-electron chi connectivity index (χ3n) is 2.99. The maximum Gasteiger partial charge on any atom is 0.246 e. The molecule has 1 saturated heterocycles. The summed E-state index contributed by atoms with van der Waals surface area (Å²) in [6, 6.07) is 9.97. The van der Waals surface area contributed by atoms with E-state index in [4.69, 9.17) is 5.73 Å². The van der Waals surface area contributed by atoms with Crippen LogP contribution in [0.25, 0.3) is 6.08 Å². The van der Waals surface area contributed by atoms with Crippen molar-refractivity contribution in [2.45, 2.75) is 18.9 Å². The lowest BCUT2D eigenvalue weighted by Crippen LogP contribution is -2.45. The van der Waals surface area contributed by atoms with Crippen molar-refractivity contribution in [1.82, 2.24) is 4.90 Å². The van der Waals surface area contributed by atoms with E-state index in [-0.39, 0.29) is 11.9 Å². The first kappa shape index (κ1) is 11.9. The molecule has 90 valence electrons. The Bertz CT molecular complexity index is 400. The summed E-state index contributed by atoms with van der Waals surface area (Å²) >= 11 is 0. The van der Waals surface area contributed by atoms with Gasteiger partial charge in [-0.25, -0.2) is 0 Å². The number of nitrogens with zero attached hydrogens (tertiary/aromatic N) is 1. The van der Waals surface area contributed by atoms with E-state index in [1.807, 2.05) is 41.3 Å². The molecular formula is C14H18N2O. The van der Waals surface area contributed by atoms with Crippen LogP contribution >= 0.6 is 0 Å². The van der Waals surface area contributed by atoms with Crippen LogP contribution < -0.4 is 5.73 Å². The number of carbonyl (C=O) groups is 1. The van der Waals surface area contributed by atoms with Crippen molar-refractivity contribution >= 4 is 12.0 Å². The van der Waals surface area contributed by atoms with E-state index in [0.29, 0.717) is 6.54 Å². The van der Waals surface area contributed by atoms with Gasteiger partial charge in [-0.1, -0.05) is 30.3 Å². The quantitative estimate of drug-likeness (QED) is 0.785. The van der Waals surface area contributed by atoms with Crippen LogP contribution in [0, 0.1) is 0 Å². The molecule has 2 N–H and O–H groups in total. The molecule has 0 bridgehead atoms. The van der Waals surface area contributed by atoms with E-state index in [9.17, 15) is 4.79 Å². The minimum absolute atomic E-state index is 0.0593. The Hall–Kier alpha value is -1.61. The Labute approximate surface area is 102 Å². The molecule has 17 heavy (non-hydrogen) atoms. The van der Waals surface area contributed by atoms with Gasteiger partial charge in [0.2, 0.25) is 5.91 Å². The number of carbonyl (C=O) groups excluding carboxylic acids is 1. The summed E-state index contributed by atoms with van der Waals surface area (Å²) in [5, 5.41) is 0. The molecule has 0 spiro atoms. The smallest absolute Gasteiger partial charge is 0.246 e. The minimum atomic E-state index is 0.0593. The van der Waals surface area contributed by atoms with Gasteiger partial charge in [-0.15, -0.1) is 0 Å². The van der Waals surface area contributed by atoms with Crippen LogP contribution in [-0.2, 0) is 4.79 Å². The Morgan fingerprint density at radius 1 is 1.35 bits per heavy atom. The maximum atomic E-state index is 11.9. The molecule has 1 aromatic carbocycles. The van der Waals surface area contributed by atoms with Gasteiger partial charge >= 0.3 is 0 Å². The minimum Gasteiger partial charge on any atom is -0.338 e. The maximum absolute atomic E-state index is 11.9. The van der Waals surface area contributed by atoms with E-state index in [0.717, 1.165) is 24.9 Å². The highest BCUT2D eigenvalue weighted by Crippen LogP contribution is 2.09. The Morgan fingerprint density at radius 2 is 2.12 bits per heavy atom. The van der Waals surface area contributed by atoms with Crippen LogP contribution in [0.1, 0.15) is 18.4 Å². The van der Waals surface area contributed by atoms with Gasteiger partial charge in [0, 0.05) is 25.2 Å². The molecule has 1 fully saturated rings. The zero-order chi connectivity index (χ0) is 12.1. The molecule has 3 heteroatoms. The molecule has 1 heterocycles. The summed E-state index contributed by atoms with van der Waals surface area (Å²) in [6.45, 7) is 1.50. The lowest BCUT2D eigenvalue weighted by Gasteiger charge is -2.29. The highest BCUT2D eigenvalue weighted by Gasteiger charge is 2.19. The van der Waals surface area contributed by atoms with Gasteiger partial charge in [0.05, 0.1) is 0 Å². The van der Waals surface area contributed by atoms with E-state index in [1.54, 1.807) is 6.08 Å². The summed E-state index contributed by atoms with van der Waals surface area (Å²) < 4.78 is 0. The van der Waals surface area contributed by atoms with Crippen molar-refractivity contribution in [1.29, 1.82) is 0 Å². The van der Waals surface area contributed by atoms with Crippen LogP contribution in [0.3, 0.4) is 0 Å². The Kier molecular flexibility index (Phi) is 3.94. The molecule has 1 aliphatic heterocycles. The highest BCUT2D eigenvalue weighted by atomic mass is 16.2. The predicted molar refractivity (Wildman–Crippen MR) is 69.3 cm³/mol. The standard InChI is InChI=1S/C14H18N2O/c15-13-7-4-10-16(11-13)14(17)9-8-12-5-2-1-3-6-12/h1-3,5-6,8-9,13H,4,7,10-11,15H2/b9-8+. The number of nitrogens with two attached hydrogens (primary N) is 1. The number of piperidine rings is 1. The zero-order valence-corrected chi connectivity index (χ0v) is 9.88. The fourth-order valence-electron chi connectivity index (χ4n) is 2.05. The van der Waals surface area contributed by atoms with Gasteiger partial charge < -0.3 is 10.6 Å². The van der Waals surface area contributed by atoms with Crippen LogP contribution in [0.5, 0.6) is 0 Å². The summed E-state index contributed by atoms with van der Waals surface area (Å²) in [6.07, 6.45) is 5.51. The summed E-state index contributed by atoms with van der Waals surface area (Å²) in [5.41, 5.74) is 6.90. The highest BCUT2D eigenvalue weighted by molar-refractivity contribution is 5.91. The SMILES string of the molecule is NC1CCCN(C(=O)/C=C/c2ccccc2)C1. The first-order chi connectivity index (χ1) is 8.25. The second-order valence-corrected chi connectivity index (χ2v) is 4.43. The molecule has 0 saturated carbocycles. The van der Waals surface area contributed by atoms with Crippen molar-refractivity contribution in [2.24, 2.45) is 5.73 Å². The van der Waals surface area contributed by atoms with Crippen molar-refractivity contribution in [2.75, 3.05) is 13.1 Å². The third-order valence-corrected chi connectivity index (χ3v) is 2.99. The van der Waals surface area contributed by atoms with Crippen LogP contribution in [0.15, 0.2) is 36.4 Å². The van der Waals surface area contributed by atoms with Crippen molar-refractivity contribution < 1.29 is 4.79 Å². The fraction of sp³-hybridized carbons (Fsp3) is 0.357. The molecule has 1 atom stereocenters. The number of amides is 1. The molecule has 0 radical (unpaired) electrons. The van der Waals surface area contributed by atoms with Gasteiger partial charge in [-0.3, -0.25) is 4.79 Å². The average Bonchev–Trinajstić information content (AvgIpc) is 2.37. The molecule has 1 unspecified atom stereocenters. The molecular weight excluding hydrogens is 212 g/mol. The lowest BCUT2D eigenvalue weighted by atomic mass is 10.1. The van der Waals surface area contributed by atoms with Gasteiger partial charge in [0.25, 0.3) is 0 Å². The van der Waals surface area contributed by atoms with Crippen molar-refractivity contribution in [3.05, 3.63) is 42.0 Å². The monoisotopic (exact) mass is 230 g/mol. The zero-order valence-electron chi connectivity index (χ0n) is 9.88. The molecule has 1 aromatic rings. The first-order valence-electron chi connectivity index (χ1n) is 6.03. The molecule has 0 aromatic heterocycles. The summed E-state index contributed by atoms with van der Waals surface area (Å²) in [5.74, 6) is 0.0593. The molecule has 1 aliphatic rings. The Balaban J connectivity index is 1.94. The number of likely N-dealkylation sites (tertiary alicyclic amines) is 1. The first-order valence-corrected chi connectivity index (χ1v) is 6.03. The van der Waals surface area contributed by atoms with E-state index in [2.05, 4.69) is 0 Å². The molecule has 0 aliphatic carbocycles. The Morgan fingerprint density at radius 3 is 2.82 bits per heavy atom. The second-order valence-electron chi connectivity index (χ2n) is 4.43. The molecule has 2 rings (SSSR count). The van der Waals surface area contributed by atoms with Crippen LogP contribution in [-0.4, -0.2) is 29.9 Å². The van der Waals surface area contributed by atoms with Gasteiger partial charge in [0.15, 0.2) is 0 Å². The third kappa shape index (κ3) is 3.43. The van der Waals surface area contributed by atoms with Crippen LogP contribution in [0.2, 0.25) is 0 Å². The normalized spacial score (nSPS) is 20.8. The largest absolute Gasteiger partial charge is 0.338 e. The van der Waals surface area contributed by atoms with Crippen molar-refractivity contribution in [3.8, 4) is 0 Å². The molecule has 3 nitrogen and oxygen atoms in total. The van der Waals surface area contributed by atoms with E-state index >= 15 is 0 Å². The number of benzene rings is 1. The van der Waals surface area contributed by atoms with Gasteiger partial charge in [-0.05, 0) is 24.5 Å². The fourth-order valence-corrected chi connectivity index (χ4v) is 2.05.